The number of benzene rings is 1. The smallest absolute Gasteiger partial charge is 0.275 e. The van der Waals surface area contributed by atoms with E-state index in [4.69, 9.17) is 9.40 Å². The van der Waals surface area contributed by atoms with E-state index in [1.54, 1.807) is 22.0 Å². The van der Waals surface area contributed by atoms with Crippen molar-refractivity contribution in [3.63, 3.8) is 0 Å². The number of rotatable bonds is 9. The van der Waals surface area contributed by atoms with E-state index in [9.17, 15) is 9.59 Å². The highest BCUT2D eigenvalue weighted by molar-refractivity contribution is 7.98. The predicted molar refractivity (Wildman–Crippen MR) is 165 cm³/mol. The molecule has 0 radical (unpaired) electrons. The number of thioether (sulfide) groups is 1. The van der Waals surface area contributed by atoms with E-state index in [1.165, 1.54) is 34.0 Å². The Morgan fingerprint density at radius 2 is 1.88 bits per heavy atom. The summed E-state index contributed by atoms with van der Waals surface area (Å²) in [5, 5.41) is 1.39. The number of nitrogens with zero attached hydrogens (tertiary/aromatic N) is 5. The van der Waals surface area contributed by atoms with Gasteiger partial charge >= 0.3 is 0 Å². The third-order valence-corrected chi connectivity index (χ3v) is 9.73. The summed E-state index contributed by atoms with van der Waals surface area (Å²) < 4.78 is 7.35. The molecule has 3 aromatic heterocycles. The van der Waals surface area contributed by atoms with Crippen LogP contribution in [0.5, 0.6) is 0 Å². The van der Waals surface area contributed by atoms with E-state index in [0.29, 0.717) is 42.1 Å². The molecule has 1 fully saturated rings. The molecular weight excluding hydrogens is 555 g/mol. The Hall–Kier alpha value is -3.47. The Labute approximate surface area is 247 Å². The number of hydrogen-bond donors (Lipinski definition) is 0. The van der Waals surface area contributed by atoms with Crippen LogP contribution in [-0.4, -0.2) is 63.0 Å². The Bertz CT molecular complexity index is 1630. The van der Waals surface area contributed by atoms with E-state index >= 15 is 0 Å². The summed E-state index contributed by atoms with van der Waals surface area (Å²) in [6.07, 6.45) is 11.7. The average molecular weight is 588 g/mol. The van der Waals surface area contributed by atoms with Gasteiger partial charge in [-0.15, -0.1) is 17.9 Å². The van der Waals surface area contributed by atoms with Gasteiger partial charge in [0.15, 0.2) is 10.9 Å². The molecule has 1 aromatic carbocycles. The van der Waals surface area contributed by atoms with Crippen LogP contribution in [0.15, 0.2) is 69.7 Å². The molecule has 8 nitrogen and oxygen atoms in total. The quantitative estimate of drug-likeness (QED) is 0.150. The molecule has 1 aliphatic carbocycles. The van der Waals surface area contributed by atoms with E-state index < -0.39 is 0 Å². The maximum absolute atomic E-state index is 13.5. The number of hydrogen-bond acceptors (Lipinski definition) is 8. The van der Waals surface area contributed by atoms with Crippen molar-refractivity contribution >= 4 is 45.3 Å². The number of piperazine rings is 1. The standard InChI is InChI=1S/C31H33N5O3S2/c1-2-14-36-30(38)27-23-12-6-7-13-25(23)41-28(27)33-31(36)40-21-26-32-24(20-39-26)29(37)35-18-16-34(17-19-35)15-8-11-22-9-4-3-5-10-22/h2-5,8-11,20H,1,6-7,12-19,21H2/b11-8+. The summed E-state index contributed by atoms with van der Waals surface area (Å²) in [6, 6.07) is 10.3. The van der Waals surface area contributed by atoms with Crippen LogP contribution in [0.1, 0.15) is 45.2 Å². The molecule has 0 atom stereocenters. The van der Waals surface area contributed by atoms with Crippen molar-refractivity contribution in [3.05, 3.63) is 93.3 Å². The van der Waals surface area contributed by atoms with Crippen LogP contribution < -0.4 is 5.56 Å². The molecule has 6 rings (SSSR count). The second kappa shape index (κ2) is 12.6. The van der Waals surface area contributed by atoms with Crippen molar-refractivity contribution in [2.45, 2.75) is 43.1 Å². The predicted octanol–water partition coefficient (Wildman–Crippen LogP) is 5.27. The summed E-state index contributed by atoms with van der Waals surface area (Å²) in [6.45, 7) is 8.00. The monoisotopic (exact) mass is 587 g/mol. The second-order valence-corrected chi connectivity index (χ2v) is 12.3. The first-order valence-corrected chi connectivity index (χ1v) is 15.9. The van der Waals surface area contributed by atoms with Crippen LogP contribution in [0.4, 0.5) is 0 Å². The molecule has 0 saturated carbocycles. The Balaban J connectivity index is 1.07. The van der Waals surface area contributed by atoms with Gasteiger partial charge < -0.3 is 9.32 Å². The van der Waals surface area contributed by atoms with Gasteiger partial charge in [-0.25, -0.2) is 9.97 Å². The van der Waals surface area contributed by atoms with Gasteiger partial charge in [0.25, 0.3) is 11.5 Å². The fourth-order valence-electron chi connectivity index (χ4n) is 5.42. The van der Waals surface area contributed by atoms with Gasteiger partial charge in [0.1, 0.15) is 11.1 Å². The molecule has 1 amide bonds. The number of carbonyl (C=O) groups is 1. The summed E-state index contributed by atoms with van der Waals surface area (Å²) >= 11 is 3.04. The van der Waals surface area contributed by atoms with E-state index in [1.807, 2.05) is 23.1 Å². The molecule has 41 heavy (non-hydrogen) atoms. The molecule has 0 unspecified atom stereocenters. The van der Waals surface area contributed by atoms with Gasteiger partial charge in [-0.3, -0.25) is 19.1 Å². The fraction of sp³-hybridized carbons (Fsp3) is 0.355. The number of fused-ring (bicyclic) bond motifs is 3. The van der Waals surface area contributed by atoms with Crippen molar-refractivity contribution in [1.29, 1.82) is 0 Å². The van der Waals surface area contributed by atoms with Gasteiger partial charge in [-0.2, -0.15) is 0 Å². The number of aryl methyl sites for hydroxylation is 2. The zero-order valence-corrected chi connectivity index (χ0v) is 24.6. The number of thiophene rings is 1. The molecule has 0 N–H and O–H groups in total. The molecule has 4 aromatic rings. The highest BCUT2D eigenvalue weighted by Gasteiger charge is 2.25. The zero-order chi connectivity index (χ0) is 28.2. The van der Waals surface area contributed by atoms with E-state index in [0.717, 1.165) is 55.5 Å². The van der Waals surface area contributed by atoms with Crippen molar-refractivity contribution in [1.82, 2.24) is 24.3 Å². The fourth-order valence-corrected chi connectivity index (χ4v) is 7.58. The number of amides is 1. The highest BCUT2D eigenvalue weighted by atomic mass is 32.2. The average Bonchev–Trinajstić information content (AvgIpc) is 3.63. The third kappa shape index (κ3) is 6.10. The van der Waals surface area contributed by atoms with Gasteiger partial charge in [0, 0.05) is 44.1 Å². The van der Waals surface area contributed by atoms with Gasteiger partial charge in [-0.05, 0) is 36.8 Å². The molecule has 10 heteroatoms. The van der Waals surface area contributed by atoms with Gasteiger partial charge in [0.05, 0.1) is 11.1 Å². The van der Waals surface area contributed by atoms with Crippen LogP contribution in [-0.2, 0) is 25.1 Å². The minimum atomic E-state index is -0.114. The van der Waals surface area contributed by atoms with Gasteiger partial charge in [0.2, 0.25) is 5.89 Å². The van der Waals surface area contributed by atoms with Crippen LogP contribution in [0.3, 0.4) is 0 Å². The van der Waals surface area contributed by atoms with Crippen LogP contribution >= 0.6 is 23.1 Å². The molecule has 2 aliphatic rings. The Kier molecular flexibility index (Phi) is 8.50. The van der Waals surface area contributed by atoms with E-state index in [2.05, 4.69) is 40.7 Å². The Morgan fingerprint density at radius 3 is 2.68 bits per heavy atom. The zero-order valence-electron chi connectivity index (χ0n) is 23.0. The van der Waals surface area contributed by atoms with Crippen molar-refractivity contribution in [2.24, 2.45) is 0 Å². The van der Waals surface area contributed by atoms with E-state index in [-0.39, 0.29) is 11.5 Å². The van der Waals surface area contributed by atoms with Crippen molar-refractivity contribution in [2.75, 3.05) is 32.7 Å². The van der Waals surface area contributed by atoms with Crippen molar-refractivity contribution in [3.8, 4) is 0 Å². The third-order valence-electron chi connectivity index (χ3n) is 7.58. The topological polar surface area (TPSA) is 84.5 Å². The van der Waals surface area contributed by atoms with Crippen LogP contribution in [0.25, 0.3) is 16.3 Å². The molecular formula is C31H33N5O3S2. The number of allylic oxidation sites excluding steroid dienone is 1. The molecule has 1 aliphatic heterocycles. The number of carbonyl (C=O) groups excluding carboxylic acids is 1. The molecule has 4 heterocycles. The SMILES string of the molecule is C=CCn1c(SCc2nc(C(=O)N3CCN(C/C=C/c4ccccc4)CC3)co2)nc2sc3c(c2c1=O)CCCC3. The lowest BCUT2D eigenvalue weighted by Gasteiger charge is -2.33. The molecule has 0 spiro atoms. The summed E-state index contributed by atoms with van der Waals surface area (Å²) in [5.41, 5.74) is 2.68. The number of oxazole rings is 1. The Morgan fingerprint density at radius 1 is 1.07 bits per heavy atom. The van der Waals surface area contributed by atoms with Gasteiger partial charge in [-0.1, -0.05) is 60.3 Å². The lowest BCUT2D eigenvalue weighted by Crippen LogP contribution is -2.48. The van der Waals surface area contributed by atoms with Crippen LogP contribution in [0.2, 0.25) is 0 Å². The summed E-state index contributed by atoms with van der Waals surface area (Å²) in [4.78, 5) is 42.2. The first kappa shape index (κ1) is 27.7. The number of aromatic nitrogens is 3. The largest absolute Gasteiger partial charge is 0.447 e. The van der Waals surface area contributed by atoms with Crippen LogP contribution in [0, 0.1) is 0 Å². The minimum absolute atomic E-state index is 0.00484. The summed E-state index contributed by atoms with van der Waals surface area (Å²) in [7, 11) is 0. The first-order valence-electron chi connectivity index (χ1n) is 14.1. The normalized spacial score (nSPS) is 16.0. The molecule has 1 saturated heterocycles. The van der Waals surface area contributed by atoms with Crippen molar-refractivity contribution < 1.29 is 9.21 Å². The highest BCUT2D eigenvalue weighted by Crippen LogP contribution is 2.35. The lowest BCUT2D eigenvalue weighted by atomic mass is 9.97. The maximum atomic E-state index is 13.5. The molecule has 0 bridgehead atoms. The lowest BCUT2D eigenvalue weighted by molar-refractivity contribution is 0.0644. The minimum Gasteiger partial charge on any atom is -0.447 e. The maximum Gasteiger partial charge on any atom is 0.275 e. The second-order valence-electron chi connectivity index (χ2n) is 10.3. The summed E-state index contributed by atoms with van der Waals surface area (Å²) in [5.74, 6) is 0.694. The molecule has 212 valence electrons. The first-order chi connectivity index (χ1) is 20.1.